The van der Waals surface area contributed by atoms with Crippen LogP contribution in [0.25, 0.3) is 0 Å². The third-order valence-corrected chi connectivity index (χ3v) is 4.88. The molecule has 0 radical (unpaired) electrons. The molecule has 0 amide bonds. The number of hydrogen-bond acceptors (Lipinski definition) is 1. The van der Waals surface area contributed by atoms with E-state index in [1.807, 2.05) is 13.8 Å². The smallest absolute Gasteiger partial charge is 0.369 e. The van der Waals surface area contributed by atoms with Gasteiger partial charge in [0.2, 0.25) is 0 Å². The molecule has 1 aromatic carbocycles. The number of alkyl halides is 5. The molecule has 28 heavy (non-hydrogen) atoms. The quantitative estimate of drug-likeness (QED) is 0.287. The average Bonchev–Trinajstić information content (AvgIpc) is 2.61. The summed E-state index contributed by atoms with van der Waals surface area (Å²) in [4.78, 5) is 1.16. The van der Waals surface area contributed by atoms with Crippen molar-refractivity contribution in [1.82, 2.24) is 0 Å². The van der Waals surface area contributed by atoms with Gasteiger partial charge in [-0.05, 0) is 19.3 Å². The maximum absolute atomic E-state index is 14.6. The predicted molar refractivity (Wildman–Crippen MR) is 92.1 cm³/mol. The van der Waals surface area contributed by atoms with Crippen LogP contribution in [0.4, 0.5) is 40.8 Å². The fourth-order valence-corrected chi connectivity index (χ4v) is 3.07. The Bertz CT molecular complexity index is 642. The molecule has 0 aliphatic heterocycles. The van der Waals surface area contributed by atoms with Gasteiger partial charge in [-0.2, -0.15) is 22.0 Å². The maximum Gasteiger partial charge on any atom is 0.458 e. The Labute approximate surface area is 159 Å². The maximum atomic E-state index is 14.6. The summed E-state index contributed by atoms with van der Waals surface area (Å²) in [6.07, 6.45) is -2.09. The number of hydrogen-bond donors (Lipinski definition) is 0. The molecule has 0 N–H and O–H groups in total. The first-order chi connectivity index (χ1) is 12.9. The summed E-state index contributed by atoms with van der Waals surface area (Å²) in [6.45, 7) is 5.65. The van der Waals surface area contributed by atoms with Crippen molar-refractivity contribution in [1.29, 1.82) is 0 Å². The monoisotopic (exact) mass is 419 g/mol. The molecule has 0 saturated heterocycles. The second kappa shape index (κ2) is 9.78. The number of anilines is 1. The Morgan fingerprint density at radius 1 is 0.929 bits per heavy atom. The highest BCUT2D eigenvalue weighted by atomic mass is 19.4. The molecule has 0 aliphatic carbocycles. The fraction of sp³-hybridized carbons (Fsp3) is 0.684. The van der Waals surface area contributed by atoms with Gasteiger partial charge in [-0.25, -0.2) is 13.2 Å². The Hall–Kier alpha value is -1.54. The van der Waals surface area contributed by atoms with E-state index in [2.05, 4.69) is 0 Å². The van der Waals surface area contributed by atoms with Crippen molar-refractivity contribution >= 4 is 5.69 Å². The summed E-state index contributed by atoms with van der Waals surface area (Å²) in [5.74, 6) is -12.2. The van der Waals surface area contributed by atoms with E-state index in [0.29, 0.717) is 12.5 Å². The molecular formula is C19H25F8N. The van der Waals surface area contributed by atoms with Crippen LogP contribution in [-0.2, 0) is 5.92 Å². The van der Waals surface area contributed by atoms with Crippen LogP contribution in [0.5, 0.6) is 0 Å². The lowest BCUT2D eigenvalue weighted by Crippen LogP contribution is -2.37. The molecule has 0 aliphatic rings. The Balaban J connectivity index is 3.29. The molecule has 1 atom stereocenters. The number of unbranched alkanes of at least 4 members (excludes halogenated alkanes) is 1. The van der Waals surface area contributed by atoms with Gasteiger partial charge in [0.1, 0.15) is 5.56 Å². The van der Waals surface area contributed by atoms with Crippen LogP contribution in [0.15, 0.2) is 6.07 Å². The van der Waals surface area contributed by atoms with Crippen molar-refractivity contribution in [2.75, 3.05) is 18.0 Å². The third kappa shape index (κ3) is 5.29. The summed E-state index contributed by atoms with van der Waals surface area (Å²) < 4.78 is 107. The normalized spacial score (nSPS) is 13.7. The van der Waals surface area contributed by atoms with E-state index in [1.165, 1.54) is 6.92 Å². The summed E-state index contributed by atoms with van der Waals surface area (Å²) in [5, 5.41) is 0. The first-order valence-electron chi connectivity index (χ1n) is 9.29. The van der Waals surface area contributed by atoms with Crippen LogP contribution in [0, 0.1) is 23.4 Å². The topological polar surface area (TPSA) is 3.24 Å². The van der Waals surface area contributed by atoms with Crippen molar-refractivity contribution in [3.05, 3.63) is 29.1 Å². The van der Waals surface area contributed by atoms with Gasteiger partial charge in [0.15, 0.2) is 17.5 Å². The molecular weight excluding hydrogens is 394 g/mol. The molecule has 1 nitrogen and oxygen atoms in total. The van der Waals surface area contributed by atoms with E-state index >= 15 is 0 Å². The highest BCUT2D eigenvalue weighted by molar-refractivity contribution is 5.52. The molecule has 0 bridgehead atoms. The van der Waals surface area contributed by atoms with Gasteiger partial charge >= 0.3 is 12.1 Å². The van der Waals surface area contributed by atoms with Crippen LogP contribution >= 0.6 is 0 Å². The lowest BCUT2D eigenvalue weighted by molar-refractivity contribution is -0.291. The molecule has 0 heterocycles. The molecule has 162 valence electrons. The van der Waals surface area contributed by atoms with E-state index in [-0.39, 0.29) is 19.0 Å². The first kappa shape index (κ1) is 24.5. The highest BCUT2D eigenvalue weighted by Crippen LogP contribution is 2.47. The molecule has 9 heteroatoms. The second-order valence-corrected chi connectivity index (χ2v) is 6.74. The van der Waals surface area contributed by atoms with Crippen molar-refractivity contribution < 1.29 is 35.1 Å². The summed E-state index contributed by atoms with van der Waals surface area (Å²) in [5.41, 5.74) is -3.41. The number of halogens is 8. The Morgan fingerprint density at radius 3 is 2.00 bits per heavy atom. The van der Waals surface area contributed by atoms with E-state index in [0.717, 1.165) is 30.6 Å². The van der Waals surface area contributed by atoms with Crippen LogP contribution < -0.4 is 4.90 Å². The van der Waals surface area contributed by atoms with E-state index in [9.17, 15) is 35.1 Å². The third-order valence-electron chi connectivity index (χ3n) is 4.88. The number of rotatable bonds is 10. The fourth-order valence-electron chi connectivity index (χ4n) is 3.07. The molecule has 0 spiro atoms. The average molecular weight is 419 g/mol. The zero-order valence-corrected chi connectivity index (χ0v) is 16.1. The van der Waals surface area contributed by atoms with Crippen LogP contribution in [0.1, 0.15) is 58.4 Å². The zero-order valence-electron chi connectivity index (χ0n) is 16.1. The van der Waals surface area contributed by atoms with Crippen molar-refractivity contribution in [2.45, 2.75) is 65.0 Å². The van der Waals surface area contributed by atoms with Gasteiger partial charge < -0.3 is 4.90 Å². The number of benzene rings is 1. The lowest BCUT2D eigenvalue weighted by Gasteiger charge is -2.28. The van der Waals surface area contributed by atoms with Gasteiger partial charge in [0.05, 0.1) is 5.69 Å². The first-order valence-corrected chi connectivity index (χ1v) is 9.29. The summed E-state index contributed by atoms with van der Waals surface area (Å²) in [7, 11) is 0. The van der Waals surface area contributed by atoms with Gasteiger partial charge in [-0.1, -0.05) is 39.5 Å². The largest absolute Gasteiger partial charge is 0.458 e. The minimum atomic E-state index is -6.26. The molecule has 0 aromatic heterocycles. The Morgan fingerprint density at radius 2 is 1.54 bits per heavy atom. The molecule has 0 saturated carbocycles. The van der Waals surface area contributed by atoms with Crippen molar-refractivity contribution in [3.8, 4) is 0 Å². The highest BCUT2D eigenvalue weighted by Gasteiger charge is 2.62. The van der Waals surface area contributed by atoms with Crippen molar-refractivity contribution in [3.63, 3.8) is 0 Å². The molecule has 1 rings (SSSR count). The van der Waals surface area contributed by atoms with E-state index in [1.54, 1.807) is 0 Å². The Kier molecular flexibility index (Phi) is 8.56. The van der Waals surface area contributed by atoms with Crippen molar-refractivity contribution in [2.24, 2.45) is 5.92 Å². The molecule has 0 fully saturated rings. The van der Waals surface area contributed by atoms with Gasteiger partial charge in [0.25, 0.3) is 0 Å². The van der Waals surface area contributed by atoms with Crippen LogP contribution in [-0.4, -0.2) is 19.3 Å². The molecule has 1 aromatic rings. The minimum Gasteiger partial charge on any atom is -0.369 e. The second-order valence-electron chi connectivity index (χ2n) is 6.74. The van der Waals surface area contributed by atoms with Crippen LogP contribution in [0.2, 0.25) is 0 Å². The standard InChI is InChI=1S/C19H25F8N/c1-4-7-8-12(5-2)9-10-28(6-3)14-11-13(20)16(21)15(17(14)22)18(23,24)19(25,26)27/h11-12H,4-10H2,1-3H3. The summed E-state index contributed by atoms with van der Waals surface area (Å²) in [6, 6.07) is 0.330. The predicted octanol–water partition coefficient (Wildman–Crippen LogP) is 7.19. The number of nitrogens with zero attached hydrogens (tertiary/aromatic N) is 1. The van der Waals surface area contributed by atoms with Gasteiger partial charge in [-0.15, -0.1) is 0 Å². The van der Waals surface area contributed by atoms with Gasteiger partial charge in [-0.3, -0.25) is 0 Å². The van der Waals surface area contributed by atoms with E-state index in [4.69, 9.17) is 0 Å². The van der Waals surface area contributed by atoms with Crippen LogP contribution in [0.3, 0.4) is 0 Å². The lowest BCUT2D eigenvalue weighted by atomic mass is 9.95. The summed E-state index contributed by atoms with van der Waals surface area (Å²) >= 11 is 0. The SMILES string of the molecule is CCCCC(CC)CCN(CC)c1cc(F)c(F)c(C(F)(F)C(F)(F)F)c1F. The van der Waals surface area contributed by atoms with E-state index < -0.39 is 40.8 Å². The van der Waals surface area contributed by atoms with Gasteiger partial charge in [0, 0.05) is 19.2 Å². The minimum absolute atomic E-state index is 0.0310. The molecule has 1 unspecified atom stereocenters. The zero-order chi connectivity index (χ0) is 21.7.